The summed E-state index contributed by atoms with van der Waals surface area (Å²) in [5.74, 6) is -0.757. The molecular weight excluding hydrogens is 308 g/mol. The summed E-state index contributed by atoms with van der Waals surface area (Å²) in [6.45, 7) is 2.14. The zero-order chi connectivity index (χ0) is 18.2. The molecule has 0 saturated carbocycles. The van der Waals surface area contributed by atoms with Crippen molar-refractivity contribution in [2.75, 3.05) is 0 Å². The predicted octanol–water partition coefficient (Wildman–Crippen LogP) is 3.41. The molecule has 0 saturated heterocycles. The van der Waals surface area contributed by atoms with Crippen LogP contribution in [0.3, 0.4) is 0 Å². The van der Waals surface area contributed by atoms with Crippen molar-refractivity contribution >= 4 is 5.97 Å². The van der Waals surface area contributed by atoms with E-state index in [1.54, 1.807) is 6.08 Å². The maximum absolute atomic E-state index is 10.4. The lowest BCUT2D eigenvalue weighted by atomic mass is 10.0. The maximum Gasteiger partial charge on any atom is 0.303 e. The summed E-state index contributed by atoms with van der Waals surface area (Å²) < 4.78 is 0. The van der Waals surface area contributed by atoms with E-state index in [2.05, 4.69) is 6.92 Å². The third kappa shape index (κ3) is 14.7. The molecule has 0 spiro atoms. The second kappa shape index (κ2) is 15.6. The van der Waals surface area contributed by atoms with E-state index in [1.165, 1.54) is 12.5 Å². The molecule has 0 amide bonds. The minimum Gasteiger partial charge on any atom is -0.481 e. The van der Waals surface area contributed by atoms with Crippen LogP contribution in [0.5, 0.6) is 0 Å². The van der Waals surface area contributed by atoms with Gasteiger partial charge in [-0.3, -0.25) is 4.79 Å². The highest BCUT2D eigenvalue weighted by Crippen LogP contribution is 2.12. The highest BCUT2D eigenvalue weighted by molar-refractivity contribution is 5.66. The van der Waals surface area contributed by atoms with Gasteiger partial charge in [-0.1, -0.05) is 70.4 Å². The molecule has 142 valence electrons. The van der Waals surface area contributed by atoms with Crippen LogP contribution in [0.2, 0.25) is 0 Å². The summed E-state index contributed by atoms with van der Waals surface area (Å²) in [7, 11) is 0. The molecule has 0 aromatic rings. The van der Waals surface area contributed by atoms with E-state index in [0.717, 1.165) is 44.9 Å². The Morgan fingerprint density at radius 1 is 0.833 bits per heavy atom. The highest BCUT2D eigenvalue weighted by Gasteiger charge is 2.13. The summed E-state index contributed by atoms with van der Waals surface area (Å²) >= 11 is 0. The van der Waals surface area contributed by atoms with Gasteiger partial charge in [-0.15, -0.1) is 0 Å². The molecule has 3 atom stereocenters. The van der Waals surface area contributed by atoms with E-state index in [9.17, 15) is 20.1 Å². The van der Waals surface area contributed by atoms with Crippen LogP contribution in [0.15, 0.2) is 12.2 Å². The van der Waals surface area contributed by atoms with Crippen LogP contribution in [0.25, 0.3) is 0 Å². The smallest absolute Gasteiger partial charge is 0.303 e. The number of carbonyl (C=O) groups is 1. The van der Waals surface area contributed by atoms with Crippen molar-refractivity contribution in [1.82, 2.24) is 0 Å². The van der Waals surface area contributed by atoms with Crippen LogP contribution in [0, 0.1) is 0 Å². The van der Waals surface area contributed by atoms with Crippen molar-refractivity contribution in [3.05, 3.63) is 12.2 Å². The molecule has 0 heterocycles. The fourth-order valence-electron chi connectivity index (χ4n) is 2.58. The molecule has 5 heteroatoms. The van der Waals surface area contributed by atoms with Gasteiger partial charge in [-0.25, -0.2) is 0 Å². The Bertz CT molecular complexity index is 330. The van der Waals surface area contributed by atoms with Crippen molar-refractivity contribution < 1.29 is 25.2 Å². The molecule has 0 fully saturated rings. The molecule has 0 aliphatic carbocycles. The number of aliphatic hydroxyl groups excluding tert-OH is 3. The Balaban J connectivity index is 3.68. The first-order valence-electron chi connectivity index (χ1n) is 9.41. The first kappa shape index (κ1) is 23.1. The second-order valence-electron chi connectivity index (χ2n) is 6.56. The quantitative estimate of drug-likeness (QED) is 0.254. The van der Waals surface area contributed by atoms with E-state index < -0.39 is 24.3 Å². The van der Waals surface area contributed by atoms with Crippen molar-refractivity contribution in [1.29, 1.82) is 0 Å². The van der Waals surface area contributed by atoms with Gasteiger partial charge in [-0.2, -0.15) is 0 Å². The van der Waals surface area contributed by atoms with Crippen LogP contribution in [0.1, 0.15) is 84.0 Å². The van der Waals surface area contributed by atoms with Gasteiger partial charge in [0.25, 0.3) is 0 Å². The van der Waals surface area contributed by atoms with Crippen molar-refractivity contribution in [2.45, 2.75) is 102 Å². The molecule has 0 bridgehead atoms. The monoisotopic (exact) mass is 344 g/mol. The third-order valence-corrected chi connectivity index (χ3v) is 4.17. The minimum absolute atomic E-state index is 0.215. The zero-order valence-electron chi connectivity index (χ0n) is 15.1. The van der Waals surface area contributed by atoms with Crippen molar-refractivity contribution in [3.63, 3.8) is 0 Å². The lowest BCUT2D eigenvalue weighted by Crippen LogP contribution is -2.24. The predicted molar refractivity (Wildman–Crippen MR) is 95.9 cm³/mol. The Labute approximate surface area is 146 Å². The molecule has 0 radical (unpaired) electrons. The molecule has 5 nitrogen and oxygen atoms in total. The van der Waals surface area contributed by atoms with Gasteiger partial charge in [0.15, 0.2) is 0 Å². The number of carboxylic acid groups (broad SMARTS) is 1. The first-order chi connectivity index (χ1) is 11.5. The molecule has 0 aromatic heterocycles. The molecule has 4 N–H and O–H groups in total. The van der Waals surface area contributed by atoms with Crippen LogP contribution in [-0.4, -0.2) is 44.7 Å². The SMILES string of the molecule is CCCCCCC(O)C=CC(O)C(O)CCCCCCCC(=O)O. The third-order valence-electron chi connectivity index (χ3n) is 4.17. The Morgan fingerprint density at radius 3 is 2.08 bits per heavy atom. The Hall–Kier alpha value is -0.910. The zero-order valence-corrected chi connectivity index (χ0v) is 15.1. The van der Waals surface area contributed by atoms with Crippen LogP contribution in [0.4, 0.5) is 0 Å². The standard InChI is InChI=1S/C19H36O5/c1-2-3-4-8-11-16(20)14-15-18(22)17(21)12-9-6-5-7-10-13-19(23)24/h14-18,20-22H,2-13H2,1H3,(H,23,24). The normalized spacial score (nSPS) is 15.5. The molecule has 0 aliphatic heterocycles. The summed E-state index contributed by atoms with van der Waals surface area (Å²) in [5.41, 5.74) is 0. The number of rotatable bonds is 16. The molecule has 0 aliphatic rings. The van der Waals surface area contributed by atoms with Gasteiger partial charge in [0, 0.05) is 6.42 Å². The topological polar surface area (TPSA) is 98.0 Å². The van der Waals surface area contributed by atoms with E-state index in [-0.39, 0.29) is 6.42 Å². The number of carboxylic acids is 1. The molecule has 24 heavy (non-hydrogen) atoms. The largest absolute Gasteiger partial charge is 0.481 e. The molecule has 0 rings (SSSR count). The minimum atomic E-state index is -0.942. The summed E-state index contributed by atoms with van der Waals surface area (Å²) in [5, 5.41) is 38.1. The number of aliphatic hydroxyl groups is 3. The number of unbranched alkanes of at least 4 members (excludes halogenated alkanes) is 7. The Morgan fingerprint density at radius 2 is 1.42 bits per heavy atom. The summed E-state index contributed by atoms with van der Waals surface area (Å²) in [4.78, 5) is 10.4. The molecule has 3 unspecified atom stereocenters. The first-order valence-corrected chi connectivity index (χ1v) is 9.41. The fraction of sp³-hybridized carbons (Fsp3) is 0.842. The van der Waals surface area contributed by atoms with Crippen molar-refractivity contribution in [3.8, 4) is 0 Å². The van der Waals surface area contributed by atoms with E-state index in [0.29, 0.717) is 19.3 Å². The molecular formula is C19H36O5. The van der Waals surface area contributed by atoms with Gasteiger partial charge in [-0.05, 0) is 19.3 Å². The van der Waals surface area contributed by atoms with E-state index >= 15 is 0 Å². The Kier molecular flexibility index (Phi) is 15.0. The second-order valence-corrected chi connectivity index (χ2v) is 6.56. The molecule has 0 aromatic carbocycles. The lowest BCUT2D eigenvalue weighted by molar-refractivity contribution is -0.137. The average molecular weight is 344 g/mol. The number of aliphatic carboxylic acids is 1. The van der Waals surface area contributed by atoms with Crippen LogP contribution < -0.4 is 0 Å². The van der Waals surface area contributed by atoms with Gasteiger partial charge >= 0.3 is 5.97 Å². The average Bonchev–Trinajstić information content (AvgIpc) is 2.55. The lowest BCUT2D eigenvalue weighted by Gasteiger charge is -2.15. The summed E-state index contributed by atoms with van der Waals surface area (Å²) in [6.07, 6.45) is 10.8. The number of hydrogen-bond acceptors (Lipinski definition) is 4. The van der Waals surface area contributed by atoms with Gasteiger partial charge < -0.3 is 20.4 Å². The van der Waals surface area contributed by atoms with Crippen molar-refractivity contribution in [2.24, 2.45) is 0 Å². The van der Waals surface area contributed by atoms with E-state index in [4.69, 9.17) is 5.11 Å². The van der Waals surface area contributed by atoms with E-state index in [1.807, 2.05) is 0 Å². The maximum atomic E-state index is 10.4. The van der Waals surface area contributed by atoms with Gasteiger partial charge in [0.05, 0.1) is 18.3 Å². The number of hydrogen-bond donors (Lipinski definition) is 4. The van der Waals surface area contributed by atoms with Gasteiger partial charge in [0.1, 0.15) is 0 Å². The fourth-order valence-corrected chi connectivity index (χ4v) is 2.58. The highest BCUT2D eigenvalue weighted by atomic mass is 16.4. The van der Waals surface area contributed by atoms with Crippen LogP contribution >= 0.6 is 0 Å². The van der Waals surface area contributed by atoms with Crippen LogP contribution in [-0.2, 0) is 4.79 Å². The van der Waals surface area contributed by atoms with Gasteiger partial charge in [0.2, 0.25) is 0 Å². The summed E-state index contributed by atoms with van der Waals surface area (Å²) in [6, 6.07) is 0.